The van der Waals surface area contributed by atoms with Crippen LogP contribution in [0.1, 0.15) is 5.56 Å². The average molecular weight is 349 g/mol. The molecule has 0 saturated heterocycles. The molecule has 0 unspecified atom stereocenters. The van der Waals surface area contributed by atoms with Gasteiger partial charge >= 0.3 is 130 Å². The monoisotopic (exact) mass is 349 g/mol. The van der Waals surface area contributed by atoms with Crippen LogP contribution in [0.25, 0.3) is 0 Å². The van der Waals surface area contributed by atoms with Crippen LogP contribution in [0.5, 0.6) is 0 Å². The molecule has 2 rings (SSSR count). The van der Waals surface area contributed by atoms with Gasteiger partial charge in [-0.15, -0.1) is 0 Å². The Hall–Kier alpha value is -1.72. The summed E-state index contributed by atoms with van der Waals surface area (Å²) in [5.74, 6) is 5.90. The third kappa shape index (κ3) is 5.11. The third-order valence-corrected chi connectivity index (χ3v) is 4.36. The van der Waals surface area contributed by atoms with Crippen molar-refractivity contribution in [2.75, 3.05) is 6.54 Å². The fraction of sp³-hybridized carbons (Fsp3) is 0.0625. The van der Waals surface area contributed by atoms with E-state index in [4.69, 9.17) is 11.6 Å². The van der Waals surface area contributed by atoms with Crippen LogP contribution in [0.4, 0.5) is 4.79 Å². The van der Waals surface area contributed by atoms with Gasteiger partial charge in [0.15, 0.2) is 0 Å². The Morgan fingerprint density at radius 3 is 2.50 bits per heavy atom. The predicted octanol–water partition coefficient (Wildman–Crippen LogP) is 2.43. The number of carbonyl (C=O) groups excluding carboxylic acids is 1. The maximum absolute atomic E-state index is 11.7. The fourth-order valence-electron chi connectivity index (χ4n) is 1.43. The number of halogens is 1. The molecule has 0 radical (unpaired) electrons. The maximum atomic E-state index is 11.7. The number of carbonyl (C=O) groups is 1. The molecular weight excluding hydrogens is 337 g/mol. The molecule has 20 heavy (non-hydrogen) atoms. The normalized spacial score (nSPS) is 9.45. The van der Waals surface area contributed by atoms with Crippen LogP contribution in [0, 0.1) is 11.8 Å². The molecule has 0 saturated carbocycles. The SMILES string of the molecule is O=C(NCC#Cc1ccc(Cl)cc1)[Se]c1ccccc1. The second kappa shape index (κ2) is 7.77. The summed E-state index contributed by atoms with van der Waals surface area (Å²) in [5.41, 5.74) is 0.886. The van der Waals surface area contributed by atoms with E-state index >= 15 is 0 Å². The minimum atomic E-state index is -0.205. The molecule has 2 aromatic rings. The number of nitrogens with one attached hydrogen (secondary N) is 1. The van der Waals surface area contributed by atoms with Crippen molar-refractivity contribution < 1.29 is 4.79 Å². The van der Waals surface area contributed by atoms with Gasteiger partial charge in [0.25, 0.3) is 0 Å². The van der Waals surface area contributed by atoms with Crippen molar-refractivity contribution in [2.45, 2.75) is 0 Å². The van der Waals surface area contributed by atoms with Crippen molar-refractivity contribution in [3.63, 3.8) is 0 Å². The summed E-state index contributed by atoms with van der Waals surface area (Å²) in [4.78, 5) is 11.7. The number of rotatable bonds is 3. The van der Waals surface area contributed by atoms with Crippen LogP contribution >= 0.6 is 11.6 Å². The number of amides is 1. The summed E-state index contributed by atoms with van der Waals surface area (Å²) >= 11 is 5.58. The Kier molecular flexibility index (Phi) is 5.70. The second-order valence-electron chi connectivity index (χ2n) is 3.86. The zero-order valence-electron chi connectivity index (χ0n) is 10.6. The van der Waals surface area contributed by atoms with Crippen LogP contribution in [-0.2, 0) is 0 Å². The third-order valence-electron chi connectivity index (χ3n) is 2.35. The Labute approximate surface area is 129 Å². The molecule has 0 bridgehead atoms. The van der Waals surface area contributed by atoms with Gasteiger partial charge in [0.1, 0.15) is 0 Å². The van der Waals surface area contributed by atoms with Crippen molar-refractivity contribution in [3.05, 3.63) is 65.2 Å². The van der Waals surface area contributed by atoms with Gasteiger partial charge in [0.05, 0.1) is 0 Å². The molecule has 0 aliphatic heterocycles. The number of hydrogen-bond acceptors (Lipinski definition) is 1. The number of benzene rings is 2. The van der Waals surface area contributed by atoms with E-state index in [1.54, 1.807) is 12.1 Å². The zero-order valence-corrected chi connectivity index (χ0v) is 13.1. The van der Waals surface area contributed by atoms with E-state index in [1.807, 2.05) is 42.5 Å². The first-order chi connectivity index (χ1) is 9.74. The van der Waals surface area contributed by atoms with Crippen LogP contribution in [0.3, 0.4) is 0 Å². The molecule has 0 aliphatic rings. The van der Waals surface area contributed by atoms with Gasteiger partial charge in [-0.2, -0.15) is 0 Å². The number of hydrogen-bond donors (Lipinski definition) is 1. The Bertz CT molecular complexity index is 629. The van der Waals surface area contributed by atoms with Gasteiger partial charge in [-0.25, -0.2) is 0 Å². The topological polar surface area (TPSA) is 29.1 Å². The van der Waals surface area contributed by atoms with E-state index < -0.39 is 0 Å². The Morgan fingerprint density at radius 2 is 1.80 bits per heavy atom. The first-order valence-electron chi connectivity index (χ1n) is 5.99. The molecule has 2 nitrogen and oxygen atoms in total. The molecule has 100 valence electrons. The van der Waals surface area contributed by atoms with E-state index in [-0.39, 0.29) is 19.8 Å². The summed E-state index contributed by atoms with van der Waals surface area (Å²) < 4.78 is 1.06. The van der Waals surface area contributed by atoms with Crippen LogP contribution < -0.4 is 9.78 Å². The molecule has 0 atom stereocenters. The van der Waals surface area contributed by atoms with Crippen LogP contribution in [0.2, 0.25) is 5.02 Å². The zero-order chi connectivity index (χ0) is 14.2. The quantitative estimate of drug-likeness (QED) is 0.670. The van der Waals surface area contributed by atoms with Gasteiger partial charge in [-0.05, 0) is 0 Å². The summed E-state index contributed by atoms with van der Waals surface area (Å²) in [6.07, 6.45) is 0. The standard InChI is InChI=1S/C16H12ClNOSe/c17-14-10-8-13(9-11-14)5-4-12-18-16(19)20-15-6-2-1-3-7-15/h1-3,6-11H,12H2,(H,18,19). The van der Waals surface area contributed by atoms with E-state index in [0.717, 1.165) is 10.0 Å². The predicted molar refractivity (Wildman–Crippen MR) is 83.6 cm³/mol. The van der Waals surface area contributed by atoms with Crippen LogP contribution in [-0.4, -0.2) is 26.3 Å². The second-order valence-corrected chi connectivity index (χ2v) is 6.50. The minimum absolute atomic E-state index is 0.0362. The molecule has 0 aromatic heterocycles. The Balaban J connectivity index is 1.79. The van der Waals surface area contributed by atoms with E-state index in [1.165, 1.54) is 0 Å². The molecule has 1 amide bonds. The van der Waals surface area contributed by atoms with Crippen molar-refractivity contribution in [1.29, 1.82) is 0 Å². The summed E-state index contributed by atoms with van der Waals surface area (Å²) in [7, 11) is 0. The van der Waals surface area contributed by atoms with E-state index in [2.05, 4.69) is 17.2 Å². The molecule has 1 N–H and O–H groups in total. The van der Waals surface area contributed by atoms with Crippen molar-refractivity contribution in [3.8, 4) is 11.8 Å². The van der Waals surface area contributed by atoms with Gasteiger partial charge in [-0.3, -0.25) is 0 Å². The fourth-order valence-corrected chi connectivity index (χ4v) is 2.92. The van der Waals surface area contributed by atoms with Gasteiger partial charge < -0.3 is 0 Å². The Morgan fingerprint density at radius 1 is 1.10 bits per heavy atom. The van der Waals surface area contributed by atoms with Crippen molar-refractivity contribution in [1.82, 2.24) is 5.32 Å². The first-order valence-corrected chi connectivity index (χ1v) is 8.08. The van der Waals surface area contributed by atoms with Crippen molar-refractivity contribution in [2.24, 2.45) is 0 Å². The molecule has 2 aromatic carbocycles. The van der Waals surface area contributed by atoms with Gasteiger partial charge in [-0.1, -0.05) is 0 Å². The summed E-state index contributed by atoms with van der Waals surface area (Å²) in [6, 6.07) is 17.0. The van der Waals surface area contributed by atoms with Crippen molar-refractivity contribution >= 4 is 35.8 Å². The molecular formula is C16H12ClNOSe. The summed E-state index contributed by atoms with van der Waals surface area (Å²) in [6.45, 7) is 0.357. The average Bonchev–Trinajstić information content (AvgIpc) is 2.46. The first kappa shape index (κ1) is 14.7. The van der Waals surface area contributed by atoms with Crippen LogP contribution in [0.15, 0.2) is 54.6 Å². The molecule has 0 fully saturated rings. The molecule has 0 spiro atoms. The summed E-state index contributed by atoms with van der Waals surface area (Å²) in [5, 5.41) is 3.49. The molecule has 0 heterocycles. The van der Waals surface area contributed by atoms with E-state index in [0.29, 0.717) is 11.6 Å². The van der Waals surface area contributed by atoms with E-state index in [9.17, 15) is 4.79 Å². The molecule has 0 aliphatic carbocycles. The molecule has 4 heteroatoms. The van der Waals surface area contributed by atoms with Gasteiger partial charge in [0.2, 0.25) is 0 Å². The van der Waals surface area contributed by atoms with Gasteiger partial charge in [0, 0.05) is 0 Å².